The summed E-state index contributed by atoms with van der Waals surface area (Å²) in [6.45, 7) is 0. The zero-order valence-corrected chi connectivity index (χ0v) is 7.30. The topological polar surface area (TPSA) is 57.5 Å². The highest BCUT2D eigenvalue weighted by Crippen LogP contribution is 2.24. The third kappa shape index (κ3) is 1.55. The summed E-state index contributed by atoms with van der Waals surface area (Å²) in [4.78, 5) is 10.4. The van der Waals surface area contributed by atoms with E-state index in [1.165, 1.54) is 0 Å². The average Bonchev–Trinajstić information content (AvgIpc) is 1.96. The lowest BCUT2D eigenvalue weighted by molar-refractivity contribution is 0.0695. The molecule has 0 amide bonds. The van der Waals surface area contributed by atoms with E-state index in [4.69, 9.17) is 10.2 Å². The highest BCUT2D eigenvalue weighted by atomic mass is 79.9. The van der Waals surface area contributed by atoms with Gasteiger partial charge in [0.15, 0.2) is 11.6 Å². The van der Waals surface area contributed by atoms with Crippen molar-refractivity contribution in [3.63, 3.8) is 0 Å². The van der Waals surface area contributed by atoms with Crippen molar-refractivity contribution in [3.8, 4) is 5.75 Å². The van der Waals surface area contributed by atoms with E-state index in [9.17, 15) is 9.18 Å². The molecule has 0 spiro atoms. The van der Waals surface area contributed by atoms with Gasteiger partial charge >= 0.3 is 5.97 Å². The normalized spacial score (nSPS) is 9.83. The molecule has 0 aliphatic rings. The van der Waals surface area contributed by atoms with E-state index in [0.29, 0.717) is 0 Å². The summed E-state index contributed by atoms with van der Waals surface area (Å²) in [6.07, 6.45) is 0. The molecule has 0 saturated heterocycles. The lowest BCUT2D eigenvalue weighted by atomic mass is 10.2. The fourth-order valence-corrected chi connectivity index (χ4v) is 1.19. The maximum atomic E-state index is 12.6. The Kier molecular flexibility index (Phi) is 2.32. The molecule has 1 rings (SSSR count). The Bertz CT molecular complexity index is 338. The quantitative estimate of drug-likeness (QED) is 0.782. The zero-order valence-electron chi connectivity index (χ0n) is 5.71. The molecule has 3 nitrogen and oxygen atoms in total. The van der Waals surface area contributed by atoms with Crippen molar-refractivity contribution >= 4 is 21.9 Å². The van der Waals surface area contributed by atoms with Crippen LogP contribution in [0.2, 0.25) is 0 Å². The minimum atomic E-state index is -1.22. The molecule has 0 fully saturated rings. The monoisotopic (exact) mass is 234 g/mol. The van der Waals surface area contributed by atoms with E-state index in [-0.39, 0.29) is 10.0 Å². The molecular weight excluding hydrogens is 231 g/mol. The maximum Gasteiger partial charge on any atom is 0.336 e. The predicted molar refractivity (Wildman–Crippen MR) is 42.7 cm³/mol. The van der Waals surface area contributed by atoms with E-state index in [1.54, 1.807) is 0 Å². The number of carbonyl (C=O) groups is 1. The second-order valence-electron chi connectivity index (χ2n) is 2.09. The van der Waals surface area contributed by atoms with Crippen molar-refractivity contribution in [1.82, 2.24) is 0 Å². The predicted octanol–water partition coefficient (Wildman–Crippen LogP) is 1.99. The van der Waals surface area contributed by atoms with Crippen molar-refractivity contribution in [1.29, 1.82) is 0 Å². The first kappa shape index (κ1) is 8.99. The Hall–Kier alpha value is -1.10. The Labute approximate surface area is 75.6 Å². The molecule has 0 saturated carbocycles. The van der Waals surface area contributed by atoms with Crippen molar-refractivity contribution in [2.24, 2.45) is 0 Å². The first-order valence-electron chi connectivity index (χ1n) is 2.93. The fraction of sp³-hybridized carbons (Fsp3) is 0. The summed E-state index contributed by atoms with van der Waals surface area (Å²) in [6, 6.07) is 1.75. The number of phenolic OH excluding ortho intramolecular Hbond substituents is 1. The lowest BCUT2D eigenvalue weighted by Crippen LogP contribution is -1.97. The molecule has 0 aromatic heterocycles. The summed E-state index contributed by atoms with van der Waals surface area (Å²) >= 11 is 2.85. The minimum Gasteiger partial charge on any atom is -0.505 e. The van der Waals surface area contributed by atoms with Crippen LogP contribution in [0.1, 0.15) is 10.4 Å². The Morgan fingerprint density at radius 2 is 2.08 bits per heavy atom. The number of halogens is 2. The molecule has 0 heterocycles. The van der Waals surface area contributed by atoms with Gasteiger partial charge in [-0.3, -0.25) is 0 Å². The van der Waals surface area contributed by atoms with Crippen LogP contribution in [0.4, 0.5) is 4.39 Å². The van der Waals surface area contributed by atoms with Gasteiger partial charge in [0.2, 0.25) is 0 Å². The number of carboxylic acid groups (broad SMARTS) is 1. The first-order valence-corrected chi connectivity index (χ1v) is 3.73. The smallest absolute Gasteiger partial charge is 0.336 e. The van der Waals surface area contributed by atoms with Gasteiger partial charge in [-0.25, -0.2) is 9.18 Å². The van der Waals surface area contributed by atoms with E-state index in [0.717, 1.165) is 12.1 Å². The van der Waals surface area contributed by atoms with Gasteiger partial charge in [-0.15, -0.1) is 0 Å². The Morgan fingerprint density at radius 1 is 1.50 bits per heavy atom. The fourth-order valence-electron chi connectivity index (χ4n) is 0.701. The molecule has 0 unspecified atom stereocenters. The van der Waals surface area contributed by atoms with Crippen molar-refractivity contribution in [2.75, 3.05) is 0 Å². The van der Waals surface area contributed by atoms with Crippen LogP contribution in [0, 0.1) is 5.82 Å². The molecule has 0 atom stereocenters. The molecule has 2 N–H and O–H groups in total. The summed E-state index contributed by atoms with van der Waals surface area (Å²) in [5.74, 6) is -2.75. The molecule has 0 bridgehead atoms. The molecule has 1 aromatic carbocycles. The number of carboxylic acids is 1. The van der Waals surface area contributed by atoms with Gasteiger partial charge in [-0.05, 0) is 28.1 Å². The number of aromatic hydroxyl groups is 1. The minimum absolute atomic E-state index is 0.102. The molecule has 12 heavy (non-hydrogen) atoms. The molecular formula is C7H4BrFO3. The van der Waals surface area contributed by atoms with E-state index >= 15 is 0 Å². The highest BCUT2D eigenvalue weighted by molar-refractivity contribution is 9.10. The van der Waals surface area contributed by atoms with E-state index in [1.807, 2.05) is 0 Å². The molecule has 1 aromatic rings. The summed E-state index contributed by atoms with van der Waals surface area (Å²) < 4.78 is 12.7. The van der Waals surface area contributed by atoms with Crippen molar-refractivity contribution < 1.29 is 19.4 Å². The first-order chi connectivity index (χ1) is 5.52. The molecule has 64 valence electrons. The Balaban J connectivity index is 3.33. The number of phenols is 1. The SMILES string of the molecule is O=C(O)c1cc(O)c(F)cc1Br. The van der Waals surface area contributed by atoms with Gasteiger partial charge in [-0.1, -0.05) is 0 Å². The largest absolute Gasteiger partial charge is 0.505 e. The molecule has 0 aliphatic heterocycles. The second-order valence-corrected chi connectivity index (χ2v) is 2.94. The van der Waals surface area contributed by atoms with Gasteiger partial charge in [0.05, 0.1) is 5.56 Å². The third-order valence-electron chi connectivity index (χ3n) is 1.27. The highest BCUT2D eigenvalue weighted by Gasteiger charge is 2.12. The van der Waals surface area contributed by atoms with Crippen LogP contribution in [-0.4, -0.2) is 16.2 Å². The maximum absolute atomic E-state index is 12.6. The third-order valence-corrected chi connectivity index (χ3v) is 1.92. The van der Waals surface area contributed by atoms with Crippen molar-refractivity contribution in [3.05, 3.63) is 28.0 Å². The van der Waals surface area contributed by atoms with Gasteiger partial charge in [-0.2, -0.15) is 0 Å². The number of hydrogen-bond acceptors (Lipinski definition) is 2. The number of hydrogen-bond donors (Lipinski definition) is 2. The van der Waals surface area contributed by atoms with Crippen LogP contribution in [0.3, 0.4) is 0 Å². The van der Waals surface area contributed by atoms with E-state index < -0.39 is 17.5 Å². The van der Waals surface area contributed by atoms with Crippen LogP contribution < -0.4 is 0 Å². The summed E-state index contributed by atoms with van der Waals surface area (Å²) in [5.41, 5.74) is -0.172. The van der Waals surface area contributed by atoms with Crippen LogP contribution in [0.15, 0.2) is 16.6 Å². The summed E-state index contributed by atoms with van der Waals surface area (Å²) in [5, 5.41) is 17.3. The summed E-state index contributed by atoms with van der Waals surface area (Å²) in [7, 11) is 0. The zero-order chi connectivity index (χ0) is 9.30. The van der Waals surface area contributed by atoms with Gasteiger partial charge in [0, 0.05) is 4.47 Å². The second kappa shape index (κ2) is 3.10. The average molecular weight is 235 g/mol. The Morgan fingerprint density at radius 3 is 2.58 bits per heavy atom. The van der Waals surface area contributed by atoms with Crippen LogP contribution in [-0.2, 0) is 0 Å². The van der Waals surface area contributed by atoms with Crippen LogP contribution in [0.25, 0.3) is 0 Å². The lowest BCUT2D eigenvalue weighted by Gasteiger charge is -2.00. The number of aromatic carboxylic acids is 1. The standard InChI is InChI=1S/C7H4BrFO3/c8-4-2-5(9)6(10)1-3(4)7(11)12/h1-2,10H,(H,11,12). The number of rotatable bonds is 1. The van der Waals surface area contributed by atoms with Crippen molar-refractivity contribution in [2.45, 2.75) is 0 Å². The molecule has 0 aliphatic carbocycles. The van der Waals surface area contributed by atoms with Gasteiger partial charge < -0.3 is 10.2 Å². The molecule has 5 heteroatoms. The van der Waals surface area contributed by atoms with Crippen LogP contribution >= 0.6 is 15.9 Å². The van der Waals surface area contributed by atoms with Gasteiger partial charge in [0.25, 0.3) is 0 Å². The van der Waals surface area contributed by atoms with Crippen LogP contribution in [0.5, 0.6) is 5.75 Å². The number of benzene rings is 1. The van der Waals surface area contributed by atoms with E-state index in [2.05, 4.69) is 15.9 Å². The molecule has 0 radical (unpaired) electrons. The van der Waals surface area contributed by atoms with Gasteiger partial charge in [0.1, 0.15) is 0 Å².